The fraction of sp³-hybridized carbons (Fsp3) is 0.0196. The van der Waals surface area contributed by atoms with Crippen LogP contribution in [0.5, 0.6) is 0 Å². The van der Waals surface area contributed by atoms with Crippen molar-refractivity contribution in [1.29, 1.82) is 0 Å². The number of para-hydroxylation sites is 3. The molecule has 268 valence electrons. The van der Waals surface area contributed by atoms with Gasteiger partial charge in [-0.05, 0) is 65.0 Å². The number of fused-ring (bicyclic) bond motifs is 9. The Bertz CT molecular complexity index is 3440. The Kier molecular flexibility index (Phi) is 6.89. The first kappa shape index (κ1) is 31.6. The summed E-state index contributed by atoms with van der Waals surface area (Å²) in [6, 6.07) is 63.0. The average Bonchev–Trinajstić information content (AvgIpc) is 3.96. The van der Waals surface area contributed by atoms with Crippen LogP contribution >= 0.6 is 0 Å². The number of aromatic nitrogens is 1. The summed E-state index contributed by atoms with van der Waals surface area (Å²) >= 11 is 0. The van der Waals surface area contributed by atoms with Gasteiger partial charge in [0.05, 0.1) is 23.0 Å². The van der Waals surface area contributed by atoms with Crippen LogP contribution < -0.4 is 0 Å². The van der Waals surface area contributed by atoms with E-state index in [1.54, 1.807) is 0 Å². The molecule has 0 spiro atoms. The zero-order valence-electron chi connectivity index (χ0n) is 30.5. The maximum absolute atomic E-state index is 6.68. The lowest BCUT2D eigenvalue weighted by Crippen LogP contribution is -2.16. The summed E-state index contributed by atoms with van der Waals surface area (Å²) in [6.45, 7) is 0. The zero-order valence-corrected chi connectivity index (χ0v) is 30.5. The van der Waals surface area contributed by atoms with Crippen molar-refractivity contribution in [2.24, 2.45) is 9.98 Å². The second-order valence-electron chi connectivity index (χ2n) is 14.5. The Morgan fingerprint density at radius 2 is 1.19 bits per heavy atom. The highest BCUT2D eigenvalue weighted by Crippen LogP contribution is 2.40. The first-order valence-electron chi connectivity index (χ1n) is 19.1. The Labute approximate surface area is 326 Å². The molecule has 12 rings (SSSR count). The molecule has 0 fully saturated rings. The third kappa shape index (κ3) is 4.97. The van der Waals surface area contributed by atoms with E-state index in [0.717, 1.165) is 77.3 Å². The molecule has 1 aliphatic rings. The van der Waals surface area contributed by atoms with Gasteiger partial charge in [-0.2, -0.15) is 0 Å². The van der Waals surface area contributed by atoms with Crippen LogP contribution in [0, 0.1) is 0 Å². The van der Waals surface area contributed by atoms with Crippen LogP contribution in [0.1, 0.15) is 22.9 Å². The summed E-state index contributed by atoms with van der Waals surface area (Å²) in [7, 11) is 0. The first-order valence-corrected chi connectivity index (χ1v) is 19.1. The van der Waals surface area contributed by atoms with Crippen molar-refractivity contribution in [3.05, 3.63) is 204 Å². The number of benzene rings is 8. The van der Waals surface area contributed by atoms with Crippen molar-refractivity contribution >= 4 is 77.4 Å². The van der Waals surface area contributed by atoms with Crippen LogP contribution in [0.15, 0.2) is 201 Å². The molecule has 0 aliphatic carbocycles. The van der Waals surface area contributed by atoms with Crippen LogP contribution in [0.3, 0.4) is 0 Å². The largest absolute Gasteiger partial charge is 0.456 e. The molecule has 1 atom stereocenters. The van der Waals surface area contributed by atoms with Crippen LogP contribution in [-0.4, -0.2) is 16.2 Å². The van der Waals surface area contributed by atoms with Crippen molar-refractivity contribution in [3.8, 4) is 16.8 Å². The van der Waals surface area contributed by atoms with Crippen LogP contribution in [0.2, 0.25) is 0 Å². The Balaban J connectivity index is 1.02. The van der Waals surface area contributed by atoms with E-state index in [2.05, 4.69) is 126 Å². The molecular formula is C51H31N4O2-. The van der Waals surface area contributed by atoms with Crippen LogP contribution in [-0.2, 0) is 0 Å². The van der Waals surface area contributed by atoms with Crippen molar-refractivity contribution < 1.29 is 8.83 Å². The fourth-order valence-corrected chi connectivity index (χ4v) is 8.58. The lowest BCUT2D eigenvalue weighted by molar-refractivity contribution is 0.667. The molecule has 8 aromatic carbocycles. The van der Waals surface area contributed by atoms with Gasteiger partial charge in [-0.3, -0.25) is 4.99 Å². The highest BCUT2D eigenvalue weighted by Gasteiger charge is 2.21. The quantitative estimate of drug-likeness (QED) is 0.177. The molecule has 0 radical (unpaired) electrons. The Morgan fingerprint density at radius 3 is 2.09 bits per heavy atom. The zero-order chi connectivity index (χ0) is 37.5. The van der Waals surface area contributed by atoms with E-state index in [4.69, 9.17) is 24.1 Å². The minimum Gasteiger partial charge on any atom is -0.456 e. The molecule has 6 nitrogen and oxygen atoms in total. The molecule has 11 aromatic rings. The number of furan rings is 2. The molecular weight excluding hydrogens is 701 g/mol. The molecule has 6 heteroatoms. The van der Waals surface area contributed by atoms with Crippen molar-refractivity contribution in [2.75, 3.05) is 0 Å². The highest BCUT2D eigenvalue weighted by atomic mass is 16.3. The standard InChI is InChI=1S/C51H31N4O2/c1-3-13-31(14-4-1)33-25-28-43-41(29-33)35-17-7-9-22-42(35)55(43)34-26-27-38-46(30-34)56-45-24-12-20-39(47(38)45)50-52-49(32-15-5-2-6-16-32)53-51(54-50)40-21-11-19-37-36-18-8-10-23-44(36)57-48(37)40/h1-30,49H/q-1. The third-order valence-corrected chi connectivity index (χ3v) is 11.2. The van der Waals surface area contributed by atoms with Crippen molar-refractivity contribution in [3.63, 3.8) is 0 Å². The van der Waals surface area contributed by atoms with Gasteiger partial charge in [0.1, 0.15) is 22.3 Å². The number of nitrogens with zero attached hydrogens (tertiary/aromatic N) is 4. The van der Waals surface area contributed by atoms with Gasteiger partial charge in [-0.25, -0.2) is 0 Å². The van der Waals surface area contributed by atoms with E-state index >= 15 is 0 Å². The van der Waals surface area contributed by atoms with E-state index in [0.29, 0.717) is 11.7 Å². The maximum atomic E-state index is 6.68. The average molecular weight is 732 g/mol. The molecule has 0 saturated heterocycles. The molecule has 1 unspecified atom stereocenters. The highest BCUT2D eigenvalue weighted by molar-refractivity contribution is 6.27. The summed E-state index contributed by atoms with van der Waals surface area (Å²) in [4.78, 5) is 10.4. The number of rotatable bonds is 5. The van der Waals surface area contributed by atoms with Gasteiger partial charge in [-0.1, -0.05) is 133 Å². The molecule has 3 aromatic heterocycles. The second kappa shape index (κ2) is 12.4. The first-order chi connectivity index (χ1) is 28.2. The van der Waals surface area contributed by atoms with Gasteiger partial charge in [0.2, 0.25) is 0 Å². The lowest BCUT2D eigenvalue weighted by Gasteiger charge is -2.32. The second-order valence-corrected chi connectivity index (χ2v) is 14.5. The fourth-order valence-electron chi connectivity index (χ4n) is 8.58. The van der Waals surface area contributed by atoms with Gasteiger partial charge in [0, 0.05) is 55.2 Å². The van der Waals surface area contributed by atoms with E-state index in [-0.39, 0.29) is 0 Å². The van der Waals surface area contributed by atoms with Crippen LogP contribution in [0.4, 0.5) is 0 Å². The molecule has 0 N–H and O–H groups in total. The predicted octanol–water partition coefficient (Wildman–Crippen LogP) is 13.5. The number of aliphatic imine (C=N–C) groups is 2. The number of amidine groups is 2. The lowest BCUT2D eigenvalue weighted by atomic mass is 10.0. The van der Waals surface area contributed by atoms with Gasteiger partial charge in [0.25, 0.3) is 0 Å². The molecule has 4 heterocycles. The van der Waals surface area contributed by atoms with Crippen molar-refractivity contribution in [2.45, 2.75) is 6.17 Å². The number of hydrogen-bond acceptors (Lipinski definition) is 4. The van der Waals surface area contributed by atoms with Gasteiger partial charge < -0.3 is 23.7 Å². The maximum Gasteiger partial charge on any atom is 0.142 e. The SMILES string of the molecule is c1ccc(-c2ccc3c(c2)c2ccccc2n3-c2ccc3c(c2)oc2cccc(C4=NC(c5ccccc5)[N-]C(c5cccc6c5oc5ccccc56)=N4)c23)cc1. The molecule has 1 aliphatic heterocycles. The summed E-state index contributed by atoms with van der Waals surface area (Å²) in [5.74, 6) is 1.17. The monoisotopic (exact) mass is 731 g/mol. The molecule has 0 saturated carbocycles. The normalized spacial score (nSPS) is 14.5. The van der Waals surface area contributed by atoms with Gasteiger partial charge in [0.15, 0.2) is 0 Å². The smallest absolute Gasteiger partial charge is 0.142 e. The summed E-state index contributed by atoms with van der Waals surface area (Å²) in [5, 5.41) is 11.6. The summed E-state index contributed by atoms with van der Waals surface area (Å²) in [6.07, 6.45) is -0.494. The molecule has 0 amide bonds. The summed E-state index contributed by atoms with van der Waals surface area (Å²) in [5.41, 5.74) is 11.5. The minimum atomic E-state index is -0.494. The topological polar surface area (TPSA) is 70.0 Å². The van der Waals surface area contributed by atoms with Gasteiger partial charge in [-0.15, -0.1) is 0 Å². The minimum absolute atomic E-state index is 0.494. The van der Waals surface area contributed by atoms with Crippen LogP contribution in [0.25, 0.3) is 87.8 Å². The molecule has 57 heavy (non-hydrogen) atoms. The third-order valence-electron chi connectivity index (χ3n) is 11.2. The summed E-state index contributed by atoms with van der Waals surface area (Å²) < 4.78 is 15.5. The predicted molar refractivity (Wildman–Crippen MR) is 233 cm³/mol. The Morgan fingerprint density at radius 1 is 0.474 bits per heavy atom. The number of hydrogen-bond donors (Lipinski definition) is 0. The van der Waals surface area contributed by atoms with E-state index in [1.165, 1.54) is 21.9 Å². The van der Waals surface area contributed by atoms with E-state index in [9.17, 15) is 0 Å². The van der Waals surface area contributed by atoms with E-state index in [1.807, 2.05) is 60.7 Å². The molecule has 0 bridgehead atoms. The van der Waals surface area contributed by atoms with E-state index < -0.39 is 6.17 Å². The Hall–Kier alpha value is -7.70. The van der Waals surface area contributed by atoms with Gasteiger partial charge >= 0.3 is 0 Å². The van der Waals surface area contributed by atoms with Crippen molar-refractivity contribution in [1.82, 2.24) is 4.57 Å².